The average molecular weight is 187 g/mol. The fourth-order valence-electron chi connectivity index (χ4n) is 1.48. The quantitative estimate of drug-likeness (QED) is 0.626. The number of benzene rings is 1. The lowest BCUT2D eigenvalue weighted by Crippen LogP contribution is -2.28. The highest BCUT2D eigenvalue weighted by Crippen LogP contribution is 2.33. The van der Waals surface area contributed by atoms with Gasteiger partial charge in [-0.3, -0.25) is 0 Å². The zero-order valence-corrected chi connectivity index (χ0v) is 7.11. The van der Waals surface area contributed by atoms with Crippen molar-refractivity contribution in [1.82, 2.24) is 0 Å². The fourth-order valence-corrected chi connectivity index (χ4v) is 1.82. The Morgan fingerprint density at radius 3 is 3.00 bits per heavy atom. The smallest absolute Gasteiger partial charge is 0.125 e. The van der Waals surface area contributed by atoms with Gasteiger partial charge in [-0.05, 0) is 24.1 Å². The third-order valence-electron chi connectivity index (χ3n) is 2.02. The highest BCUT2D eigenvalue weighted by molar-refractivity contribution is 6.33. The SMILES string of the molecule is NN1CCc2cc(F)cc(Cl)c21. The Morgan fingerprint density at radius 1 is 1.50 bits per heavy atom. The Kier molecular flexibility index (Phi) is 1.70. The Morgan fingerprint density at radius 2 is 2.25 bits per heavy atom. The molecule has 2 rings (SSSR count). The lowest BCUT2D eigenvalue weighted by Gasteiger charge is -2.12. The number of anilines is 1. The molecule has 64 valence electrons. The summed E-state index contributed by atoms with van der Waals surface area (Å²) in [6.07, 6.45) is 0.767. The minimum Gasteiger partial charge on any atom is -0.309 e. The zero-order valence-electron chi connectivity index (χ0n) is 6.35. The first-order valence-corrected chi connectivity index (χ1v) is 4.06. The van der Waals surface area contributed by atoms with Crippen LogP contribution in [0.2, 0.25) is 5.02 Å². The topological polar surface area (TPSA) is 29.3 Å². The van der Waals surface area contributed by atoms with Gasteiger partial charge in [0.05, 0.1) is 10.7 Å². The van der Waals surface area contributed by atoms with E-state index in [2.05, 4.69) is 0 Å². The van der Waals surface area contributed by atoms with Crippen LogP contribution in [0.1, 0.15) is 5.56 Å². The van der Waals surface area contributed by atoms with Crippen molar-refractivity contribution in [3.63, 3.8) is 0 Å². The van der Waals surface area contributed by atoms with E-state index in [0.717, 1.165) is 17.7 Å². The van der Waals surface area contributed by atoms with Gasteiger partial charge in [0.15, 0.2) is 0 Å². The van der Waals surface area contributed by atoms with Crippen molar-refractivity contribution in [1.29, 1.82) is 0 Å². The van der Waals surface area contributed by atoms with Gasteiger partial charge in [0.1, 0.15) is 5.82 Å². The number of nitrogens with zero attached hydrogens (tertiary/aromatic N) is 1. The average Bonchev–Trinajstić information content (AvgIpc) is 2.31. The molecule has 0 saturated heterocycles. The normalized spacial score (nSPS) is 15.1. The first kappa shape index (κ1) is 7.83. The molecule has 0 unspecified atom stereocenters. The van der Waals surface area contributed by atoms with Crippen LogP contribution in [-0.4, -0.2) is 6.54 Å². The van der Waals surface area contributed by atoms with E-state index in [-0.39, 0.29) is 5.82 Å². The first-order valence-electron chi connectivity index (χ1n) is 3.68. The summed E-state index contributed by atoms with van der Waals surface area (Å²) in [6.45, 7) is 0.707. The summed E-state index contributed by atoms with van der Waals surface area (Å²) in [4.78, 5) is 0. The second kappa shape index (κ2) is 2.61. The number of rotatable bonds is 0. The van der Waals surface area contributed by atoms with E-state index in [9.17, 15) is 4.39 Å². The van der Waals surface area contributed by atoms with Crippen LogP contribution in [0.4, 0.5) is 10.1 Å². The van der Waals surface area contributed by atoms with E-state index in [1.165, 1.54) is 12.1 Å². The maximum absolute atomic E-state index is 12.8. The monoisotopic (exact) mass is 186 g/mol. The molecule has 0 bridgehead atoms. The maximum Gasteiger partial charge on any atom is 0.125 e. The van der Waals surface area contributed by atoms with E-state index in [4.69, 9.17) is 17.4 Å². The molecule has 2 N–H and O–H groups in total. The molecule has 1 aliphatic heterocycles. The molecule has 0 amide bonds. The Labute approximate surface area is 74.7 Å². The number of hydrazine groups is 1. The number of halogens is 2. The summed E-state index contributed by atoms with van der Waals surface area (Å²) >= 11 is 5.81. The van der Waals surface area contributed by atoms with Crippen molar-refractivity contribution in [3.05, 3.63) is 28.5 Å². The van der Waals surface area contributed by atoms with Crippen molar-refractivity contribution in [2.45, 2.75) is 6.42 Å². The molecule has 12 heavy (non-hydrogen) atoms. The summed E-state index contributed by atoms with van der Waals surface area (Å²) in [5, 5.41) is 1.95. The van der Waals surface area contributed by atoms with Crippen LogP contribution in [0.3, 0.4) is 0 Å². The minimum absolute atomic E-state index is 0.297. The molecular weight excluding hydrogens is 179 g/mol. The number of fused-ring (bicyclic) bond motifs is 1. The minimum atomic E-state index is -0.297. The van der Waals surface area contributed by atoms with E-state index >= 15 is 0 Å². The van der Waals surface area contributed by atoms with Gasteiger partial charge in [0.25, 0.3) is 0 Å². The molecule has 0 radical (unpaired) electrons. The van der Waals surface area contributed by atoms with Gasteiger partial charge in [0, 0.05) is 6.54 Å². The van der Waals surface area contributed by atoms with Gasteiger partial charge >= 0.3 is 0 Å². The molecule has 1 aromatic rings. The summed E-state index contributed by atoms with van der Waals surface area (Å²) in [7, 11) is 0. The predicted octanol–water partition coefficient (Wildman–Crippen LogP) is 1.72. The van der Waals surface area contributed by atoms with Crippen LogP contribution in [0, 0.1) is 5.82 Å². The zero-order chi connectivity index (χ0) is 8.72. The van der Waals surface area contributed by atoms with Crippen molar-refractivity contribution in [3.8, 4) is 0 Å². The van der Waals surface area contributed by atoms with E-state index in [1.807, 2.05) is 0 Å². The third kappa shape index (κ3) is 1.06. The number of hydrogen-bond acceptors (Lipinski definition) is 2. The molecule has 2 nitrogen and oxygen atoms in total. The van der Waals surface area contributed by atoms with Gasteiger partial charge in [-0.25, -0.2) is 10.2 Å². The van der Waals surface area contributed by atoms with Crippen molar-refractivity contribution >= 4 is 17.3 Å². The molecule has 0 aromatic heterocycles. The Hall–Kier alpha value is -0.800. The largest absolute Gasteiger partial charge is 0.309 e. The lowest BCUT2D eigenvalue weighted by molar-refractivity contribution is 0.626. The molecule has 1 aromatic carbocycles. The van der Waals surface area contributed by atoms with Gasteiger partial charge < -0.3 is 5.01 Å². The van der Waals surface area contributed by atoms with Crippen LogP contribution in [0.15, 0.2) is 12.1 Å². The fraction of sp³-hybridized carbons (Fsp3) is 0.250. The molecule has 0 aliphatic carbocycles. The molecule has 0 saturated carbocycles. The highest BCUT2D eigenvalue weighted by atomic mass is 35.5. The van der Waals surface area contributed by atoms with E-state index in [0.29, 0.717) is 11.6 Å². The molecule has 0 atom stereocenters. The standard InChI is InChI=1S/C8H8ClFN2/c9-7-4-6(10)3-5-1-2-12(11)8(5)7/h3-4H,1-2,11H2. The summed E-state index contributed by atoms with van der Waals surface area (Å²) < 4.78 is 12.8. The van der Waals surface area contributed by atoms with Gasteiger partial charge in [-0.1, -0.05) is 11.6 Å². The van der Waals surface area contributed by atoms with E-state index < -0.39 is 0 Å². The predicted molar refractivity (Wildman–Crippen MR) is 46.6 cm³/mol. The Balaban J connectivity index is 2.60. The third-order valence-corrected chi connectivity index (χ3v) is 2.30. The lowest BCUT2D eigenvalue weighted by atomic mass is 10.2. The van der Waals surface area contributed by atoms with Crippen LogP contribution in [0.25, 0.3) is 0 Å². The van der Waals surface area contributed by atoms with Crippen LogP contribution >= 0.6 is 11.6 Å². The van der Waals surface area contributed by atoms with Crippen LogP contribution in [-0.2, 0) is 6.42 Å². The van der Waals surface area contributed by atoms with Crippen molar-refractivity contribution in [2.75, 3.05) is 11.6 Å². The first-order chi connectivity index (χ1) is 5.68. The molecule has 4 heteroatoms. The highest BCUT2D eigenvalue weighted by Gasteiger charge is 2.20. The van der Waals surface area contributed by atoms with Crippen LogP contribution in [0.5, 0.6) is 0 Å². The second-order valence-electron chi connectivity index (χ2n) is 2.84. The molecule has 0 spiro atoms. The van der Waals surface area contributed by atoms with Gasteiger partial charge in [0.2, 0.25) is 0 Å². The molecule has 0 fully saturated rings. The van der Waals surface area contributed by atoms with Crippen molar-refractivity contribution < 1.29 is 4.39 Å². The number of hydrogen-bond donors (Lipinski definition) is 1. The Bertz CT molecular complexity index is 327. The van der Waals surface area contributed by atoms with Gasteiger partial charge in [-0.2, -0.15) is 0 Å². The number of nitrogens with two attached hydrogens (primary N) is 1. The molecule has 1 aliphatic rings. The second-order valence-corrected chi connectivity index (χ2v) is 3.25. The van der Waals surface area contributed by atoms with Gasteiger partial charge in [-0.15, -0.1) is 0 Å². The maximum atomic E-state index is 12.8. The van der Waals surface area contributed by atoms with Crippen molar-refractivity contribution in [2.24, 2.45) is 5.84 Å². The summed E-state index contributed by atoms with van der Waals surface area (Å²) in [5.41, 5.74) is 1.65. The van der Waals surface area contributed by atoms with Crippen LogP contribution < -0.4 is 10.9 Å². The molecule has 1 heterocycles. The molecular formula is C8H8ClFN2. The van der Waals surface area contributed by atoms with E-state index in [1.54, 1.807) is 5.01 Å². The summed E-state index contributed by atoms with van der Waals surface area (Å²) in [5.74, 6) is 5.33. The summed E-state index contributed by atoms with van der Waals surface area (Å²) in [6, 6.07) is 2.76.